The van der Waals surface area contributed by atoms with E-state index < -0.39 is 10.0 Å². The normalized spacial score (nSPS) is 19.2. The molecule has 1 amide bonds. The molecule has 0 radical (unpaired) electrons. The molecule has 2 fully saturated rings. The largest absolute Gasteiger partial charge is 0.341 e. The van der Waals surface area contributed by atoms with Crippen LogP contribution in [0.25, 0.3) is 0 Å². The molecule has 0 aromatic heterocycles. The molecule has 0 bridgehead atoms. The fraction of sp³-hybridized carbons (Fsp3) is 0.720. The highest BCUT2D eigenvalue weighted by molar-refractivity contribution is 7.89. The Bertz CT molecular complexity index is 870. The first kappa shape index (κ1) is 25.2. The van der Waals surface area contributed by atoms with E-state index in [0.29, 0.717) is 36.7 Å². The van der Waals surface area contributed by atoms with E-state index in [9.17, 15) is 13.2 Å². The number of piperidine rings is 1. The monoisotopic (exact) mass is 463 g/mol. The number of amides is 1. The van der Waals surface area contributed by atoms with Gasteiger partial charge >= 0.3 is 0 Å². The van der Waals surface area contributed by atoms with Crippen molar-refractivity contribution >= 4 is 15.9 Å². The van der Waals surface area contributed by atoms with Gasteiger partial charge in [-0.2, -0.15) is 4.31 Å². The first-order chi connectivity index (χ1) is 15.2. The zero-order valence-electron chi connectivity index (χ0n) is 20.5. The van der Waals surface area contributed by atoms with Gasteiger partial charge in [0.2, 0.25) is 15.9 Å². The second-order valence-corrected chi connectivity index (χ2v) is 11.6. The molecule has 1 unspecified atom stereocenters. The van der Waals surface area contributed by atoms with Crippen molar-refractivity contribution in [1.82, 2.24) is 14.1 Å². The summed E-state index contributed by atoms with van der Waals surface area (Å²) in [5, 5.41) is 0. The SMILES string of the molecule is CCN(CC)C(CC(C)C)C(=O)N1CCC(N(C2CC2)S(=O)(=O)c2cccc(C)c2)CC1. The second-order valence-electron chi connectivity index (χ2n) is 9.81. The number of carbonyl (C=O) groups is 1. The molecule has 1 aromatic carbocycles. The van der Waals surface area contributed by atoms with Gasteiger partial charge in [0, 0.05) is 25.2 Å². The number of carbonyl (C=O) groups excluding carboxylic acids is 1. The van der Waals surface area contributed by atoms with Gasteiger partial charge in [0.15, 0.2) is 0 Å². The Balaban J connectivity index is 1.72. The molecule has 1 saturated carbocycles. The summed E-state index contributed by atoms with van der Waals surface area (Å²) >= 11 is 0. The Hall–Kier alpha value is -1.44. The first-order valence-electron chi connectivity index (χ1n) is 12.3. The fourth-order valence-corrected chi connectivity index (χ4v) is 7.02. The summed E-state index contributed by atoms with van der Waals surface area (Å²) in [6.07, 6.45) is 4.14. The molecule has 2 aliphatic rings. The molecule has 7 heteroatoms. The molecule has 0 N–H and O–H groups in total. The summed E-state index contributed by atoms with van der Waals surface area (Å²) in [5.41, 5.74) is 0.954. The van der Waals surface area contributed by atoms with E-state index in [0.717, 1.165) is 37.9 Å². The van der Waals surface area contributed by atoms with Gasteiger partial charge in [-0.05, 0) is 75.7 Å². The molecule has 1 aliphatic heterocycles. The van der Waals surface area contributed by atoms with Crippen molar-refractivity contribution in [3.05, 3.63) is 29.8 Å². The van der Waals surface area contributed by atoms with Crippen molar-refractivity contribution in [2.75, 3.05) is 26.2 Å². The maximum absolute atomic E-state index is 13.5. The van der Waals surface area contributed by atoms with Crippen molar-refractivity contribution in [3.63, 3.8) is 0 Å². The highest BCUT2D eigenvalue weighted by Crippen LogP contribution is 2.37. The number of sulfonamides is 1. The minimum atomic E-state index is -3.53. The average Bonchev–Trinajstić information content (AvgIpc) is 3.58. The highest BCUT2D eigenvalue weighted by Gasteiger charge is 2.44. The van der Waals surface area contributed by atoms with E-state index in [4.69, 9.17) is 0 Å². The number of benzene rings is 1. The summed E-state index contributed by atoms with van der Waals surface area (Å²) in [6, 6.07) is 7.20. The second kappa shape index (κ2) is 10.7. The summed E-state index contributed by atoms with van der Waals surface area (Å²) in [4.78, 5) is 18.0. The highest BCUT2D eigenvalue weighted by atomic mass is 32.2. The van der Waals surface area contributed by atoms with Crippen LogP contribution in [-0.2, 0) is 14.8 Å². The fourth-order valence-electron chi connectivity index (χ4n) is 4.99. The molecule has 1 saturated heterocycles. The zero-order chi connectivity index (χ0) is 23.5. The predicted molar refractivity (Wildman–Crippen MR) is 129 cm³/mol. The van der Waals surface area contributed by atoms with Crippen molar-refractivity contribution in [2.45, 2.75) is 89.7 Å². The Morgan fingerprint density at radius 3 is 2.16 bits per heavy atom. The molecule has 1 aromatic rings. The summed E-state index contributed by atoms with van der Waals surface area (Å²) in [6.45, 7) is 13.5. The summed E-state index contributed by atoms with van der Waals surface area (Å²) in [5.74, 6) is 0.660. The summed E-state index contributed by atoms with van der Waals surface area (Å²) in [7, 11) is -3.53. The number of aryl methyl sites for hydroxylation is 1. The molecule has 0 spiro atoms. The first-order valence-corrected chi connectivity index (χ1v) is 13.8. The van der Waals surface area contributed by atoms with Crippen LogP contribution in [0.15, 0.2) is 29.2 Å². The van der Waals surface area contributed by atoms with E-state index in [2.05, 4.69) is 32.6 Å². The molecule has 1 atom stereocenters. The summed E-state index contributed by atoms with van der Waals surface area (Å²) < 4.78 is 28.8. The molecule has 1 heterocycles. The van der Waals surface area contributed by atoms with Gasteiger partial charge in [0.25, 0.3) is 0 Å². The predicted octanol–water partition coefficient (Wildman–Crippen LogP) is 3.90. The number of hydrogen-bond acceptors (Lipinski definition) is 4. The van der Waals surface area contributed by atoms with Gasteiger partial charge in [-0.15, -0.1) is 0 Å². The average molecular weight is 464 g/mol. The molecule has 3 rings (SSSR count). The van der Waals surface area contributed by atoms with Gasteiger partial charge < -0.3 is 4.90 Å². The Labute approximate surface area is 195 Å². The van der Waals surface area contributed by atoms with Crippen LogP contribution < -0.4 is 0 Å². The van der Waals surface area contributed by atoms with Gasteiger partial charge in [0.05, 0.1) is 10.9 Å². The standard InChI is InChI=1S/C25H41N3O3S/c1-6-26(7-2)24(17-19(3)4)25(29)27-15-13-22(14-16-27)28(21-11-12-21)32(30,31)23-10-8-9-20(5)18-23/h8-10,18-19,21-22,24H,6-7,11-17H2,1-5H3. The Kier molecular flexibility index (Phi) is 8.39. The minimum absolute atomic E-state index is 0.0333. The number of hydrogen-bond donors (Lipinski definition) is 0. The third-order valence-electron chi connectivity index (χ3n) is 6.84. The van der Waals surface area contributed by atoms with E-state index in [-0.39, 0.29) is 24.0 Å². The van der Waals surface area contributed by atoms with E-state index in [1.54, 1.807) is 16.4 Å². The van der Waals surface area contributed by atoms with Crippen LogP contribution in [0.5, 0.6) is 0 Å². The third-order valence-corrected chi connectivity index (χ3v) is 8.84. The van der Waals surface area contributed by atoms with Crippen molar-refractivity contribution < 1.29 is 13.2 Å². The van der Waals surface area contributed by atoms with E-state index >= 15 is 0 Å². The lowest BCUT2D eigenvalue weighted by atomic mass is 9.98. The van der Waals surface area contributed by atoms with Gasteiger partial charge in [-0.25, -0.2) is 8.42 Å². The lowest BCUT2D eigenvalue weighted by Gasteiger charge is -2.40. The van der Waals surface area contributed by atoms with Gasteiger partial charge in [-0.1, -0.05) is 39.8 Å². The van der Waals surface area contributed by atoms with Crippen LogP contribution >= 0.6 is 0 Å². The maximum atomic E-state index is 13.5. The molecular weight excluding hydrogens is 422 g/mol. The lowest BCUT2D eigenvalue weighted by molar-refractivity contribution is -0.139. The van der Waals surface area contributed by atoms with E-state index in [1.165, 1.54) is 0 Å². The molecule has 1 aliphatic carbocycles. The number of nitrogens with zero attached hydrogens (tertiary/aromatic N) is 3. The third kappa shape index (κ3) is 5.72. The Morgan fingerprint density at radius 1 is 1.06 bits per heavy atom. The molecule has 32 heavy (non-hydrogen) atoms. The Morgan fingerprint density at radius 2 is 1.66 bits per heavy atom. The molecule has 180 valence electrons. The van der Waals surface area contributed by atoms with Crippen LogP contribution in [0, 0.1) is 12.8 Å². The van der Waals surface area contributed by atoms with Crippen LogP contribution in [0.2, 0.25) is 0 Å². The van der Waals surface area contributed by atoms with Crippen LogP contribution in [-0.4, -0.2) is 72.7 Å². The van der Waals surface area contributed by atoms with Crippen LogP contribution in [0.4, 0.5) is 0 Å². The van der Waals surface area contributed by atoms with Crippen molar-refractivity contribution in [1.29, 1.82) is 0 Å². The quantitative estimate of drug-likeness (QED) is 0.528. The number of rotatable bonds is 10. The molecule has 6 nitrogen and oxygen atoms in total. The smallest absolute Gasteiger partial charge is 0.243 e. The molecular formula is C25H41N3O3S. The van der Waals surface area contributed by atoms with Gasteiger partial charge in [0.1, 0.15) is 0 Å². The van der Waals surface area contributed by atoms with E-state index in [1.807, 2.05) is 24.0 Å². The topological polar surface area (TPSA) is 60.9 Å². The van der Waals surface area contributed by atoms with Crippen molar-refractivity contribution in [3.8, 4) is 0 Å². The number of likely N-dealkylation sites (tertiary alicyclic amines) is 1. The minimum Gasteiger partial charge on any atom is -0.341 e. The zero-order valence-corrected chi connectivity index (χ0v) is 21.3. The van der Waals surface area contributed by atoms with Crippen molar-refractivity contribution in [2.24, 2.45) is 5.92 Å². The maximum Gasteiger partial charge on any atom is 0.243 e. The van der Waals surface area contributed by atoms with Gasteiger partial charge in [-0.3, -0.25) is 9.69 Å². The van der Waals surface area contributed by atoms with Crippen LogP contribution in [0.1, 0.15) is 65.4 Å². The van der Waals surface area contributed by atoms with Crippen LogP contribution in [0.3, 0.4) is 0 Å². The lowest BCUT2D eigenvalue weighted by Crippen LogP contribution is -2.54. The number of likely N-dealkylation sites (N-methyl/N-ethyl adjacent to an activating group) is 1.